The molecule has 4 atom stereocenters. The Balaban J connectivity index is 2.66. The van der Waals surface area contributed by atoms with Crippen LogP contribution in [0.15, 0.2) is 30.3 Å². The highest BCUT2D eigenvalue weighted by atomic mass is 28.4. The maximum Gasteiger partial charge on any atom is 0.192 e. The Kier molecular flexibility index (Phi) is 8.33. The van der Waals surface area contributed by atoms with Crippen molar-refractivity contribution in [1.82, 2.24) is 0 Å². The van der Waals surface area contributed by atoms with Gasteiger partial charge in [0.1, 0.15) is 0 Å². The van der Waals surface area contributed by atoms with E-state index in [1.807, 2.05) is 37.3 Å². The van der Waals surface area contributed by atoms with Crippen molar-refractivity contribution in [1.29, 1.82) is 0 Å². The summed E-state index contributed by atoms with van der Waals surface area (Å²) in [6, 6.07) is 10.1. The number of ether oxygens (including phenoxy) is 1. The lowest BCUT2D eigenvalue weighted by atomic mass is 9.93. The second-order valence-corrected chi connectivity index (χ2v) is 13.4. The minimum atomic E-state index is -1.86. The zero-order valence-corrected chi connectivity index (χ0v) is 18.4. The summed E-state index contributed by atoms with van der Waals surface area (Å²) in [6.07, 6.45) is 0.181. The SMILES string of the molecule is CC[C@@H](O[Si](C)(C)C(C)(C)C)[C@H](C)[C@H](O)[C@@H](C)OCc1ccccc1. The van der Waals surface area contributed by atoms with E-state index in [4.69, 9.17) is 9.16 Å². The highest BCUT2D eigenvalue weighted by Gasteiger charge is 2.41. The highest BCUT2D eigenvalue weighted by Crippen LogP contribution is 2.39. The van der Waals surface area contributed by atoms with Crippen LogP contribution in [0, 0.1) is 5.92 Å². The third-order valence-corrected chi connectivity index (χ3v) is 10.1. The summed E-state index contributed by atoms with van der Waals surface area (Å²) in [5.41, 5.74) is 1.12. The number of hydrogen-bond acceptors (Lipinski definition) is 3. The zero-order chi connectivity index (χ0) is 19.3. The van der Waals surface area contributed by atoms with Gasteiger partial charge in [-0.05, 0) is 37.0 Å². The molecule has 0 aromatic heterocycles. The van der Waals surface area contributed by atoms with Gasteiger partial charge in [0.15, 0.2) is 8.32 Å². The van der Waals surface area contributed by atoms with Crippen LogP contribution in [0.4, 0.5) is 0 Å². The molecule has 1 aromatic carbocycles. The molecule has 144 valence electrons. The van der Waals surface area contributed by atoms with Gasteiger partial charge >= 0.3 is 0 Å². The Bertz CT molecular complexity index is 496. The van der Waals surface area contributed by atoms with Crippen molar-refractivity contribution >= 4 is 8.32 Å². The smallest absolute Gasteiger partial charge is 0.192 e. The fraction of sp³-hybridized carbons (Fsp3) is 0.714. The number of aliphatic hydroxyl groups is 1. The summed E-state index contributed by atoms with van der Waals surface area (Å²) < 4.78 is 12.5. The quantitative estimate of drug-likeness (QED) is 0.596. The van der Waals surface area contributed by atoms with E-state index in [0.717, 1.165) is 12.0 Å². The molecule has 0 fully saturated rings. The first-order valence-electron chi connectivity index (χ1n) is 9.51. The third kappa shape index (κ3) is 6.52. The van der Waals surface area contributed by atoms with Crippen molar-refractivity contribution < 1.29 is 14.3 Å². The molecule has 0 heterocycles. The summed E-state index contributed by atoms with van der Waals surface area (Å²) >= 11 is 0. The van der Waals surface area contributed by atoms with Gasteiger partial charge in [0.25, 0.3) is 0 Å². The first-order chi connectivity index (χ1) is 11.5. The van der Waals surface area contributed by atoms with E-state index in [0.29, 0.717) is 6.61 Å². The molecule has 3 nitrogen and oxygen atoms in total. The van der Waals surface area contributed by atoms with E-state index in [1.165, 1.54) is 0 Å². The molecule has 4 heteroatoms. The van der Waals surface area contributed by atoms with Gasteiger partial charge in [-0.2, -0.15) is 0 Å². The highest BCUT2D eigenvalue weighted by molar-refractivity contribution is 6.74. The monoisotopic (exact) mass is 366 g/mol. The van der Waals surface area contributed by atoms with Crippen molar-refractivity contribution in [3.05, 3.63) is 35.9 Å². The zero-order valence-electron chi connectivity index (χ0n) is 17.4. The summed E-state index contributed by atoms with van der Waals surface area (Å²) in [4.78, 5) is 0. The first-order valence-corrected chi connectivity index (χ1v) is 12.4. The van der Waals surface area contributed by atoms with E-state index in [9.17, 15) is 5.11 Å². The summed E-state index contributed by atoms with van der Waals surface area (Å²) in [5, 5.41) is 10.9. The molecule has 1 aromatic rings. The minimum Gasteiger partial charge on any atom is -0.414 e. The van der Waals surface area contributed by atoms with Crippen molar-refractivity contribution in [2.45, 2.75) is 91.0 Å². The molecule has 0 saturated carbocycles. The van der Waals surface area contributed by atoms with Crippen LogP contribution in [-0.2, 0) is 15.8 Å². The van der Waals surface area contributed by atoms with Crippen molar-refractivity contribution in [3.63, 3.8) is 0 Å². The molecule has 1 rings (SSSR count). The second kappa shape index (κ2) is 9.31. The Morgan fingerprint density at radius 1 is 1.08 bits per heavy atom. The van der Waals surface area contributed by atoms with Crippen molar-refractivity contribution in [3.8, 4) is 0 Å². The van der Waals surface area contributed by atoms with Crippen molar-refractivity contribution in [2.75, 3.05) is 0 Å². The predicted octanol–water partition coefficient (Wildman–Crippen LogP) is 5.39. The van der Waals surface area contributed by atoms with Crippen LogP contribution in [-0.4, -0.2) is 31.7 Å². The van der Waals surface area contributed by atoms with E-state index < -0.39 is 14.4 Å². The molecule has 0 bridgehead atoms. The molecular formula is C21H38O3Si. The van der Waals surface area contributed by atoms with Crippen LogP contribution in [0.1, 0.15) is 53.5 Å². The van der Waals surface area contributed by atoms with E-state index in [1.54, 1.807) is 0 Å². The Hall–Kier alpha value is -0.683. The lowest BCUT2D eigenvalue weighted by Gasteiger charge is -2.42. The lowest BCUT2D eigenvalue weighted by Crippen LogP contribution is -2.48. The van der Waals surface area contributed by atoms with E-state index in [2.05, 4.69) is 47.7 Å². The van der Waals surface area contributed by atoms with Gasteiger partial charge in [-0.25, -0.2) is 0 Å². The number of benzene rings is 1. The first kappa shape index (κ1) is 22.4. The van der Waals surface area contributed by atoms with Crippen LogP contribution in [0.3, 0.4) is 0 Å². The van der Waals surface area contributed by atoms with Crippen LogP contribution in [0.5, 0.6) is 0 Å². The Morgan fingerprint density at radius 3 is 2.12 bits per heavy atom. The molecule has 0 aliphatic carbocycles. The molecule has 0 unspecified atom stereocenters. The van der Waals surface area contributed by atoms with Gasteiger partial charge in [-0.1, -0.05) is 65.0 Å². The topological polar surface area (TPSA) is 38.7 Å². The second-order valence-electron chi connectivity index (χ2n) is 8.68. The predicted molar refractivity (Wildman–Crippen MR) is 108 cm³/mol. The average Bonchev–Trinajstić information content (AvgIpc) is 2.56. The number of aliphatic hydroxyl groups excluding tert-OH is 1. The molecule has 0 aliphatic heterocycles. The number of rotatable bonds is 9. The van der Waals surface area contributed by atoms with Crippen LogP contribution in [0.2, 0.25) is 18.1 Å². The van der Waals surface area contributed by atoms with Gasteiger partial charge in [0.2, 0.25) is 0 Å². The summed E-state index contributed by atoms with van der Waals surface area (Å²) in [5.74, 6) is 0.0323. The van der Waals surface area contributed by atoms with Crippen LogP contribution < -0.4 is 0 Å². The summed E-state index contributed by atoms with van der Waals surface area (Å²) in [7, 11) is -1.86. The van der Waals surface area contributed by atoms with E-state index >= 15 is 0 Å². The van der Waals surface area contributed by atoms with Gasteiger partial charge < -0.3 is 14.3 Å². The minimum absolute atomic E-state index is 0.0323. The lowest BCUT2D eigenvalue weighted by molar-refractivity contribution is -0.0788. The van der Waals surface area contributed by atoms with Crippen LogP contribution in [0.25, 0.3) is 0 Å². The standard InChI is InChI=1S/C21H38O3Si/c1-9-19(24-25(7,8)21(4,5)6)16(2)20(22)17(3)23-15-18-13-11-10-12-14-18/h10-14,16-17,19-20,22H,9,15H2,1-8H3/t16-,17+,19+,20-/m0/s1. The fourth-order valence-corrected chi connectivity index (χ4v) is 4.16. The largest absolute Gasteiger partial charge is 0.414 e. The molecule has 0 amide bonds. The van der Waals surface area contributed by atoms with Crippen molar-refractivity contribution in [2.24, 2.45) is 5.92 Å². The molecular weight excluding hydrogens is 328 g/mol. The Labute approximate surface area is 155 Å². The van der Waals surface area contributed by atoms with Crippen LogP contribution >= 0.6 is 0 Å². The van der Waals surface area contributed by atoms with E-state index in [-0.39, 0.29) is 23.2 Å². The molecule has 1 N–H and O–H groups in total. The molecule has 0 aliphatic rings. The normalized spacial score (nSPS) is 17.8. The van der Waals surface area contributed by atoms with Gasteiger partial charge in [0.05, 0.1) is 18.8 Å². The molecule has 0 saturated heterocycles. The molecule has 0 spiro atoms. The van der Waals surface area contributed by atoms with Gasteiger partial charge in [-0.3, -0.25) is 0 Å². The van der Waals surface area contributed by atoms with Gasteiger partial charge in [0, 0.05) is 12.0 Å². The third-order valence-electron chi connectivity index (χ3n) is 5.62. The Morgan fingerprint density at radius 2 is 1.64 bits per heavy atom. The molecule has 0 radical (unpaired) electrons. The summed E-state index contributed by atoms with van der Waals surface area (Å²) in [6.45, 7) is 18.0. The number of hydrogen-bond donors (Lipinski definition) is 1. The molecule has 25 heavy (non-hydrogen) atoms. The fourth-order valence-electron chi connectivity index (χ4n) is 2.67. The maximum atomic E-state index is 10.8. The van der Waals surface area contributed by atoms with Gasteiger partial charge in [-0.15, -0.1) is 0 Å². The average molecular weight is 367 g/mol. The maximum absolute atomic E-state index is 10.8.